The molecule has 5 heteroatoms. The van der Waals surface area contributed by atoms with Crippen LogP contribution in [-0.2, 0) is 5.75 Å². The van der Waals surface area contributed by atoms with Gasteiger partial charge in [0.05, 0.1) is 5.69 Å². The summed E-state index contributed by atoms with van der Waals surface area (Å²) in [7, 11) is 0. The third-order valence-electron chi connectivity index (χ3n) is 2.42. The van der Waals surface area contributed by atoms with Crippen LogP contribution in [0.3, 0.4) is 0 Å². The third kappa shape index (κ3) is 5.37. The molecule has 0 spiro atoms. The van der Waals surface area contributed by atoms with Crippen molar-refractivity contribution in [3.8, 4) is 0 Å². The minimum atomic E-state index is 0.635. The maximum Gasteiger partial charge on any atom is 0.166 e. The van der Waals surface area contributed by atoms with Gasteiger partial charge < -0.3 is 10.6 Å². The lowest BCUT2D eigenvalue weighted by Crippen LogP contribution is -2.37. The van der Waals surface area contributed by atoms with Gasteiger partial charge in [0.25, 0.3) is 0 Å². The highest BCUT2D eigenvalue weighted by molar-refractivity contribution is 7.98. The Labute approximate surface area is 112 Å². The van der Waals surface area contributed by atoms with E-state index in [9.17, 15) is 0 Å². The number of nitrogens with one attached hydrogen (secondary N) is 2. The van der Waals surface area contributed by atoms with E-state index in [0.717, 1.165) is 28.9 Å². The summed E-state index contributed by atoms with van der Waals surface area (Å²) in [5.74, 6) is 2.01. The van der Waals surface area contributed by atoms with E-state index in [4.69, 9.17) is 12.2 Å². The van der Waals surface area contributed by atoms with E-state index >= 15 is 0 Å². The van der Waals surface area contributed by atoms with Gasteiger partial charge in [-0.25, -0.2) is 0 Å². The topological polar surface area (TPSA) is 37.0 Å². The molecule has 92 valence electrons. The molecule has 0 radical (unpaired) electrons. The van der Waals surface area contributed by atoms with Gasteiger partial charge >= 0.3 is 0 Å². The number of aromatic nitrogens is 1. The Balaban J connectivity index is 1.50. The molecular formula is C12H17N3S2. The van der Waals surface area contributed by atoms with Gasteiger partial charge in [0.2, 0.25) is 0 Å². The van der Waals surface area contributed by atoms with E-state index < -0.39 is 0 Å². The second-order valence-electron chi connectivity index (χ2n) is 4.05. The van der Waals surface area contributed by atoms with E-state index in [1.54, 1.807) is 0 Å². The zero-order chi connectivity index (χ0) is 11.9. The maximum absolute atomic E-state index is 5.17. The van der Waals surface area contributed by atoms with Gasteiger partial charge in [-0.05, 0) is 37.2 Å². The summed E-state index contributed by atoms with van der Waals surface area (Å²) in [6.07, 6.45) is 4.36. The molecule has 1 aliphatic carbocycles. The highest BCUT2D eigenvalue weighted by Crippen LogP contribution is 2.18. The van der Waals surface area contributed by atoms with Crippen LogP contribution in [-0.4, -0.2) is 28.4 Å². The minimum Gasteiger partial charge on any atom is -0.362 e. The van der Waals surface area contributed by atoms with Crippen molar-refractivity contribution in [1.29, 1.82) is 0 Å². The first-order valence-corrected chi connectivity index (χ1v) is 7.43. The molecule has 1 saturated carbocycles. The molecule has 1 aromatic heterocycles. The molecule has 2 N–H and O–H groups in total. The summed E-state index contributed by atoms with van der Waals surface area (Å²) in [6, 6.07) is 6.66. The Kier molecular flexibility index (Phi) is 5.07. The average molecular weight is 267 g/mol. The number of thioether (sulfide) groups is 1. The van der Waals surface area contributed by atoms with E-state index in [2.05, 4.69) is 21.7 Å². The summed E-state index contributed by atoms with van der Waals surface area (Å²) < 4.78 is 0. The highest BCUT2D eigenvalue weighted by Gasteiger charge is 2.21. The van der Waals surface area contributed by atoms with Gasteiger partial charge in [-0.15, -0.1) is 0 Å². The van der Waals surface area contributed by atoms with Crippen LogP contribution in [0.15, 0.2) is 24.4 Å². The number of hydrogen-bond donors (Lipinski definition) is 2. The van der Waals surface area contributed by atoms with Crippen LogP contribution >= 0.6 is 24.0 Å². The molecule has 2 rings (SSSR count). The van der Waals surface area contributed by atoms with Crippen LogP contribution in [0.1, 0.15) is 18.5 Å². The second-order valence-corrected chi connectivity index (χ2v) is 5.56. The summed E-state index contributed by atoms with van der Waals surface area (Å²) in [6.45, 7) is 0.913. The van der Waals surface area contributed by atoms with Crippen LogP contribution in [0.4, 0.5) is 0 Å². The summed E-state index contributed by atoms with van der Waals surface area (Å²) in [4.78, 5) is 4.28. The zero-order valence-electron chi connectivity index (χ0n) is 9.69. The molecule has 3 nitrogen and oxygen atoms in total. The van der Waals surface area contributed by atoms with Crippen molar-refractivity contribution in [3.05, 3.63) is 30.1 Å². The Morgan fingerprint density at radius 1 is 1.47 bits per heavy atom. The lowest BCUT2D eigenvalue weighted by molar-refractivity contribution is 0.853. The average Bonchev–Trinajstić information content (AvgIpc) is 3.14. The molecule has 1 aliphatic rings. The Morgan fingerprint density at radius 2 is 2.35 bits per heavy atom. The fourth-order valence-electron chi connectivity index (χ4n) is 1.36. The van der Waals surface area contributed by atoms with E-state index in [1.165, 1.54) is 12.8 Å². The largest absolute Gasteiger partial charge is 0.362 e. The Morgan fingerprint density at radius 3 is 3.06 bits per heavy atom. The van der Waals surface area contributed by atoms with Crippen molar-refractivity contribution in [3.63, 3.8) is 0 Å². The van der Waals surface area contributed by atoms with Gasteiger partial charge in [-0.1, -0.05) is 6.07 Å². The lowest BCUT2D eigenvalue weighted by atomic mass is 10.4. The molecule has 0 bridgehead atoms. The summed E-state index contributed by atoms with van der Waals surface area (Å²) >= 11 is 7.04. The van der Waals surface area contributed by atoms with Crippen LogP contribution in [0.2, 0.25) is 0 Å². The monoisotopic (exact) mass is 267 g/mol. The fraction of sp³-hybridized carbons (Fsp3) is 0.500. The van der Waals surface area contributed by atoms with Crippen molar-refractivity contribution in [1.82, 2.24) is 15.6 Å². The number of nitrogens with zero attached hydrogens (tertiary/aromatic N) is 1. The number of pyridine rings is 1. The van der Waals surface area contributed by atoms with Crippen molar-refractivity contribution < 1.29 is 0 Å². The molecule has 17 heavy (non-hydrogen) atoms. The highest BCUT2D eigenvalue weighted by atomic mass is 32.2. The first kappa shape index (κ1) is 12.6. The molecular weight excluding hydrogens is 250 g/mol. The van der Waals surface area contributed by atoms with Crippen LogP contribution in [0, 0.1) is 0 Å². The van der Waals surface area contributed by atoms with Gasteiger partial charge in [0, 0.05) is 30.3 Å². The minimum absolute atomic E-state index is 0.635. The molecule has 0 atom stereocenters. The zero-order valence-corrected chi connectivity index (χ0v) is 11.3. The number of thiocarbonyl (C=S) groups is 1. The quantitative estimate of drug-likeness (QED) is 0.608. The van der Waals surface area contributed by atoms with Crippen molar-refractivity contribution in [2.75, 3.05) is 12.3 Å². The van der Waals surface area contributed by atoms with Crippen LogP contribution < -0.4 is 10.6 Å². The molecule has 0 aromatic carbocycles. The normalized spacial score (nSPS) is 14.4. The molecule has 1 aromatic rings. The SMILES string of the molecule is S=C(NCCSCc1ccccn1)NC1CC1. The Hall–Kier alpha value is -0.810. The van der Waals surface area contributed by atoms with Crippen molar-refractivity contribution in [2.24, 2.45) is 0 Å². The number of rotatable bonds is 6. The fourth-order valence-corrected chi connectivity index (χ4v) is 2.40. The van der Waals surface area contributed by atoms with Crippen LogP contribution in [0.25, 0.3) is 0 Å². The van der Waals surface area contributed by atoms with Gasteiger partial charge in [-0.3, -0.25) is 4.98 Å². The summed E-state index contributed by atoms with van der Waals surface area (Å²) in [5.41, 5.74) is 1.14. The maximum atomic E-state index is 5.17. The van der Waals surface area contributed by atoms with Gasteiger partial charge in [0.15, 0.2) is 5.11 Å². The van der Waals surface area contributed by atoms with Gasteiger partial charge in [0.1, 0.15) is 0 Å². The molecule has 0 aliphatic heterocycles. The standard InChI is InChI=1S/C12H17N3S2/c16-12(15-10-4-5-10)14-7-8-17-9-11-3-1-2-6-13-11/h1-3,6,10H,4-5,7-9H2,(H2,14,15,16). The molecule has 1 heterocycles. The smallest absolute Gasteiger partial charge is 0.166 e. The van der Waals surface area contributed by atoms with E-state index in [-0.39, 0.29) is 0 Å². The summed E-state index contributed by atoms with van der Waals surface area (Å²) in [5, 5.41) is 7.28. The predicted octanol–water partition coefficient (Wildman–Crippen LogP) is 1.94. The first-order chi connectivity index (χ1) is 8.34. The molecule has 0 amide bonds. The van der Waals surface area contributed by atoms with E-state index in [0.29, 0.717) is 6.04 Å². The molecule has 1 fully saturated rings. The Bertz CT molecular complexity index is 352. The predicted molar refractivity (Wildman–Crippen MR) is 77.2 cm³/mol. The van der Waals surface area contributed by atoms with Crippen LogP contribution in [0.5, 0.6) is 0 Å². The first-order valence-electron chi connectivity index (χ1n) is 5.86. The number of hydrogen-bond acceptors (Lipinski definition) is 3. The third-order valence-corrected chi connectivity index (χ3v) is 3.68. The second kappa shape index (κ2) is 6.81. The molecule has 0 saturated heterocycles. The van der Waals surface area contributed by atoms with E-state index in [1.807, 2.05) is 30.1 Å². The van der Waals surface area contributed by atoms with Crippen molar-refractivity contribution >= 4 is 29.1 Å². The van der Waals surface area contributed by atoms with Crippen molar-refractivity contribution in [2.45, 2.75) is 24.6 Å². The molecule has 0 unspecified atom stereocenters. The lowest BCUT2D eigenvalue weighted by Gasteiger charge is -2.08. The van der Waals surface area contributed by atoms with Gasteiger partial charge in [-0.2, -0.15) is 11.8 Å².